The third-order valence-corrected chi connectivity index (χ3v) is 1.90. The molecule has 0 bridgehead atoms. The summed E-state index contributed by atoms with van der Waals surface area (Å²) >= 11 is 1.41. The van der Waals surface area contributed by atoms with Crippen LogP contribution in [0.3, 0.4) is 0 Å². The zero-order chi connectivity index (χ0) is 8.97. The van der Waals surface area contributed by atoms with Gasteiger partial charge in [-0.15, -0.1) is 5.10 Å². The van der Waals surface area contributed by atoms with Gasteiger partial charge in [-0.05, 0) is 16.2 Å². The van der Waals surface area contributed by atoms with E-state index in [2.05, 4.69) is 15.5 Å². The smallest absolute Gasteiger partial charge is 0.325 e. The highest BCUT2D eigenvalue weighted by Crippen LogP contribution is 2.11. The molecule has 1 aromatic rings. The third kappa shape index (κ3) is 2.19. The first kappa shape index (κ1) is 8.98. The van der Waals surface area contributed by atoms with Crippen LogP contribution in [0.2, 0.25) is 0 Å². The molecule has 6 nitrogen and oxygen atoms in total. The lowest BCUT2D eigenvalue weighted by atomic mass is 10.7. The van der Waals surface area contributed by atoms with Crippen molar-refractivity contribution in [1.29, 1.82) is 0 Å². The molecule has 0 fully saturated rings. The van der Waals surface area contributed by atoms with Crippen LogP contribution in [0.5, 0.6) is 0 Å². The Labute approximate surface area is 73.0 Å². The van der Waals surface area contributed by atoms with Crippen molar-refractivity contribution >= 4 is 17.7 Å². The van der Waals surface area contributed by atoms with E-state index in [1.807, 2.05) is 6.92 Å². The number of thioether (sulfide) groups is 1. The van der Waals surface area contributed by atoms with Crippen LogP contribution >= 0.6 is 11.8 Å². The predicted octanol–water partition coefficient (Wildman–Crippen LogP) is -0.130. The van der Waals surface area contributed by atoms with Gasteiger partial charge in [-0.25, -0.2) is 4.68 Å². The summed E-state index contributed by atoms with van der Waals surface area (Å²) in [6.45, 7) is 1.76. The Hall–Kier alpha value is -1.11. The molecular formula is C5H8N4O2S. The summed E-state index contributed by atoms with van der Waals surface area (Å²) in [5.41, 5.74) is 0. The summed E-state index contributed by atoms with van der Waals surface area (Å²) in [5.74, 6) is -0.125. The number of hydrogen-bond donors (Lipinski definition) is 1. The number of aliphatic carboxylic acids is 1. The Morgan fingerprint density at radius 2 is 2.50 bits per heavy atom. The van der Waals surface area contributed by atoms with Crippen LogP contribution in [-0.4, -0.2) is 37.0 Å². The maximum atomic E-state index is 10.3. The van der Waals surface area contributed by atoms with Crippen molar-refractivity contribution in [3.05, 3.63) is 0 Å². The minimum atomic E-state index is -0.944. The van der Waals surface area contributed by atoms with Gasteiger partial charge in [0.2, 0.25) is 5.16 Å². The normalized spacial score (nSPS) is 10.1. The summed E-state index contributed by atoms with van der Waals surface area (Å²) in [5, 5.41) is 19.6. The molecule has 12 heavy (non-hydrogen) atoms. The lowest BCUT2D eigenvalue weighted by Crippen LogP contribution is -2.11. The molecule has 0 amide bonds. The van der Waals surface area contributed by atoms with Gasteiger partial charge in [0.25, 0.3) is 0 Å². The minimum Gasteiger partial charge on any atom is -0.480 e. The molecule has 0 aromatic carbocycles. The number of hydrogen-bond acceptors (Lipinski definition) is 5. The number of carboxylic acid groups (broad SMARTS) is 1. The van der Waals surface area contributed by atoms with Crippen molar-refractivity contribution in [3.8, 4) is 0 Å². The lowest BCUT2D eigenvalue weighted by molar-refractivity contribution is -0.138. The third-order valence-electron chi connectivity index (χ3n) is 1.06. The lowest BCUT2D eigenvalue weighted by Gasteiger charge is -1.97. The molecule has 0 aliphatic heterocycles. The van der Waals surface area contributed by atoms with Crippen LogP contribution in [0.4, 0.5) is 0 Å². The molecule has 7 heteroatoms. The summed E-state index contributed by atoms with van der Waals surface area (Å²) in [4.78, 5) is 10.3. The molecule has 0 radical (unpaired) electrons. The topological polar surface area (TPSA) is 80.9 Å². The molecule has 0 saturated carbocycles. The number of carbonyl (C=O) groups is 1. The van der Waals surface area contributed by atoms with E-state index in [0.717, 1.165) is 5.75 Å². The van der Waals surface area contributed by atoms with Crippen LogP contribution in [0, 0.1) is 0 Å². The number of nitrogens with zero attached hydrogens (tertiary/aromatic N) is 4. The first-order valence-corrected chi connectivity index (χ1v) is 4.33. The molecular weight excluding hydrogens is 180 g/mol. The van der Waals surface area contributed by atoms with Gasteiger partial charge in [0.1, 0.15) is 6.54 Å². The quantitative estimate of drug-likeness (QED) is 0.663. The molecule has 66 valence electrons. The highest BCUT2D eigenvalue weighted by atomic mass is 32.2. The van der Waals surface area contributed by atoms with E-state index in [9.17, 15) is 4.79 Å². The average Bonchev–Trinajstić information content (AvgIpc) is 2.37. The van der Waals surface area contributed by atoms with E-state index < -0.39 is 5.97 Å². The van der Waals surface area contributed by atoms with Crippen molar-refractivity contribution < 1.29 is 9.90 Å². The predicted molar refractivity (Wildman–Crippen MR) is 41.9 cm³/mol. The van der Waals surface area contributed by atoms with Gasteiger partial charge >= 0.3 is 5.97 Å². The van der Waals surface area contributed by atoms with Crippen LogP contribution in [0.25, 0.3) is 0 Å². The Balaban J connectivity index is 2.69. The zero-order valence-corrected chi connectivity index (χ0v) is 7.28. The first-order valence-electron chi connectivity index (χ1n) is 3.34. The second kappa shape index (κ2) is 4.05. The SMILES string of the molecule is CCSc1nnnn1CC(=O)O. The molecule has 0 atom stereocenters. The standard InChI is InChI=1S/C5H8N4O2S/c1-2-12-5-6-7-8-9(5)3-4(10)11/h2-3H2,1H3,(H,10,11). The average molecular weight is 188 g/mol. The van der Waals surface area contributed by atoms with E-state index >= 15 is 0 Å². The van der Waals surface area contributed by atoms with Gasteiger partial charge in [-0.3, -0.25) is 4.79 Å². The summed E-state index contributed by atoms with van der Waals surface area (Å²) in [6, 6.07) is 0. The fraction of sp³-hybridized carbons (Fsp3) is 0.600. The van der Waals surface area contributed by atoms with Gasteiger partial charge in [-0.2, -0.15) is 0 Å². The highest BCUT2D eigenvalue weighted by molar-refractivity contribution is 7.99. The fourth-order valence-electron chi connectivity index (χ4n) is 0.656. The van der Waals surface area contributed by atoms with E-state index in [1.165, 1.54) is 16.4 Å². The van der Waals surface area contributed by atoms with Gasteiger partial charge < -0.3 is 5.11 Å². The van der Waals surface area contributed by atoms with Crippen molar-refractivity contribution in [2.75, 3.05) is 5.75 Å². The second-order valence-electron chi connectivity index (χ2n) is 1.95. The molecule has 1 heterocycles. The molecule has 0 aliphatic rings. The van der Waals surface area contributed by atoms with E-state index in [1.54, 1.807) is 0 Å². The van der Waals surface area contributed by atoms with Crippen molar-refractivity contribution in [1.82, 2.24) is 20.2 Å². The Kier molecular flexibility index (Phi) is 3.03. The Bertz CT molecular complexity index is 274. The first-order chi connectivity index (χ1) is 5.74. The number of carboxylic acids is 1. The molecule has 1 rings (SSSR count). The van der Waals surface area contributed by atoms with Gasteiger partial charge in [0.05, 0.1) is 0 Å². The van der Waals surface area contributed by atoms with Gasteiger partial charge in [0.15, 0.2) is 0 Å². The summed E-state index contributed by atoms with van der Waals surface area (Å²) in [7, 11) is 0. The van der Waals surface area contributed by atoms with Gasteiger partial charge in [0, 0.05) is 0 Å². The molecule has 0 spiro atoms. The molecule has 0 unspecified atom stereocenters. The molecule has 0 saturated heterocycles. The molecule has 1 aromatic heterocycles. The molecule has 1 N–H and O–H groups in total. The number of rotatable bonds is 4. The van der Waals surface area contributed by atoms with Crippen molar-refractivity contribution in [2.24, 2.45) is 0 Å². The number of tetrazole rings is 1. The van der Waals surface area contributed by atoms with Crippen molar-refractivity contribution in [2.45, 2.75) is 18.6 Å². The second-order valence-corrected chi connectivity index (χ2v) is 3.18. The van der Waals surface area contributed by atoms with E-state index in [-0.39, 0.29) is 6.54 Å². The molecule has 0 aliphatic carbocycles. The minimum absolute atomic E-state index is 0.185. The maximum Gasteiger partial charge on any atom is 0.325 e. The Morgan fingerprint density at radius 3 is 3.08 bits per heavy atom. The number of aromatic nitrogens is 4. The van der Waals surface area contributed by atoms with Crippen LogP contribution < -0.4 is 0 Å². The van der Waals surface area contributed by atoms with Crippen LogP contribution in [-0.2, 0) is 11.3 Å². The monoisotopic (exact) mass is 188 g/mol. The summed E-state index contributed by atoms with van der Waals surface area (Å²) in [6.07, 6.45) is 0. The van der Waals surface area contributed by atoms with E-state index in [4.69, 9.17) is 5.11 Å². The maximum absolute atomic E-state index is 10.3. The highest BCUT2D eigenvalue weighted by Gasteiger charge is 2.07. The fourth-order valence-corrected chi connectivity index (χ4v) is 1.26. The van der Waals surface area contributed by atoms with Crippen molar-refractivity contribution in [3.63, 3.8) is 0 Å². The largest absolute Gasteiger partial charge is 0.480 e. The zero-order valence-electron chi connectivity index (χ0n) is 6.47. The van der Waals surface area contributed by atoms with E-state index in [0.29, 0.717) is 5.16 Å². The van der Waals surface area contributed by atoms with Gasteiger partial charge in [-0.1, -0.05) is 18.7 Å². The Morgan fingerprint density at radius 1 is 1.75 bits per heavy atom. The van der Waals surface area contributed by atoms with Crippen LogP contribution in [0.15, 0.2) is 5.16 Å². The van der Waals surface area contributed by atoms with Crippen LogP contribution in [0.1, 0.15) is 6.92 Å². The summed E-state index contributed by atoms with van der Waals surface area (Å²) < 4.78 is 1.26.